The van der Waals surface area contributed by atoms with E-state index in [9.17, 15) is 9.59 Å². The zero-order valence-corrected chi connectivity index (χ0v) is 16.2. The number of piperidine rings is 1. The van der Waals surface area contributed by atoms with Crippen LogP contribution in [0.2, 0.25) is 0 Å². The number of aryl methyl sites for hydroxylation is 1. The average Bonchev–Trinajstić information content (AvgIpc) is 3.31. The van der Waals surface area contributed by atoms with Crippen molar-refractivity contribution in [2.45, 2.75) is 26.4 Å². The Hall–Kier alpha value is -2.94. The van der Waals surface area contributed by atoms with Gasteiger partial charge in [0.1, 0.15) is 12.0 Å². The van der Waals surface area contributed by atoms with E-state index in [2.05, 4.69) is 9.97 Å². The Morgan fingerprint density at radius 3 is 3.07 bits per heavy atom. The lowest BCUT2D eigenvalue weighted by atomic mass is 9.97. The van der Waals surface area contributed by atoms with Gasteiger partial charge in [-0.05, 0) is 31.9 Å². The Balaban J connectivity index is 1.39. The number of primary amides is 1. The van der Waals surface area contributed by atoms with Gasteiger partial charge in [0.05, 0.1) is 21.1 Å². The topological polar surface area (TPSA) is 112 Å². The number of nitrogens with zero attached hydrogens (tertiary/aromatic N) is 3. The number of hydrogen-bond acceptors (Lipinski definition) is 7. The smallest absolute Gasteiger partial charge is 0.275 e. The number of thiazole rings is 1. The van der Waals surface area contributed by atoms with Crippen molar-refractivity contribution in [3.63, 3.8) is 0 Å². The molecule has 2 N–H and O–H groups in total. The van der Waals surface area contributed by atoms with E-state index in [1.54, 1.807) is 16.2 Å². The Bertz CT molecular complexity index is 1030. The third-order valence-corrected chi connectivity index (χ3v) is 5.66. The van der Waals surface area contributed by atoms with Crippen LogP contribution in [-0.4, -0.2) is 39.8 Å². The molecule has 0 saturated carbocycles. The second kappa shape index (κ2) is 7.59. The maximum Gasteiger partial charge on any atom is 0.275 e. The van der Waals surface area contributed by atoms with Gasteiger partial charge in [0.25, 0.3) is 5.91 Å². The normalized spacial score (nSPS) is 17.0. The van der Waals surface area contributed by atoms with Gasteiger partial charge in [-0.25, -0.2) is 9.97 Å². The van der Waals surface area contributed by atoms with Crippen molar-refractivity contribution in [1.82, 2.24) is 14.9 Å². The molecule has 1 atom stereocenters. The van der Waals surface area contributed by atoms with Crippen LogP contribution in [-0.2, 0) is 11.4 Å². The summed E-state index contributed by atoms with van der Waals surface area (Å²) in [6.45, 7) is 2.96. The minimum atomic E-state index is -0.376. The van der Waals surface area contributed by atoms with Crippen LogP contribution in [0.25, 0.3) is 10.2 Å². The van der Waals surface area contributed by atoms with Gasteiger partial charge in [-0.3, -0.25) is 9.59 Å². The molecule has 2 amide bonds. The summed E-state index contributed by atoms with van der Waals surface area (Å²) in [7, 11) is 0. The Labute approximate surface area is 165 Å². The number of fused-ring (bicyclic) bond motifs is 1. The molecule has 3 heterocycles. The standard InChI is InChI=1S/C19H20N4O4S/c1-11-21-14-7-13(4-5-16(14)28-11)26-10-17-22-15(9-27-17)19(25)23-6-2-3-12(8-23)18(20)24/h4-5,7,9,12H,2-3,6,8,10H2,1H3,(H2,20,24)/t12-/m0/s1. The van der Waals surface area contributed by atoms with Gasteiger partial charge >= 0.3 is 0 Å². The van der Waals surface area contributed by atoms with E-state index in [1.165, 1.54) is 6.26 Å². The van der Waals surface area contributed by atoms with E-state index < -0.39 is 0 Å². The molecular weight excluding hydrogens is 380 g/mol. The van der Waals surface area contributed by atoms with E-state index >= 15 is 0 Å². The number of rotatable bonds is 5. The second-order valence-electron chi connectivity index (χ2n) is 6.77. The third kappa shape index (κ3) is 3.84. The molecule has 0 bridgehead atoms. The molecule has 9 heteroatoms. The lowest BCUT2D eigenvalue weighted by molar-refractivity contribution is -0.123. The highest BCUT2D eigenvalue weighted by molar-refractivity contribution is 7.18. The first-order valence-electron chi connectivity index (χ1n) is 9.02. The van der Waals surface area contributed by atoms with Gasteiger partial charge in [0.2, 0.25) is 11.8 Å². The summed E-state index contributed by atoms with van der Waals surface area (Å²) in [5, 5.41) is 0.999. The molecule has 2 aromatic heterocycles. The highest BCUT2D eigenvalue weighted by Gasteiger charge is 2.29. The number of ether oxygens (including phenoxy) is 1. The first kappa shape index (κ1) is 18.4. The molecular formula is C19H20N4O4S. The summed E-state index contributed by atoms with van der Waals surface area (Å²) in [6, 6.07) is 5.70. The molecule has 8 nitrogen and oxygen atoms in total. The van der Waals surface area contributed by atoms with E-state index in [1.807, 2.05) is 25.1 Å². The van der Waals surface area contributed by atoms with Crippen LogP contribution in [0, 0.1) is 12.8 Å². The van der Waals surface area contributed by atoms with Crippen LogP contribution in [0.4, 0.5) is 0 Å². The summed E-state index contributed by atoms with van der Waals surface area (Å²) >= 11 is 1.63. The number of carbonyl (C=O) groups is 2. The minimum Gasteiger partial charge on any atom is -0.484 e. The van der Waals surface area contributed by atoms with Crippen molar-refractivity contribution in [2.24, 2.45) is 11.7 Å². The SMILES string of the molecule is Cc1nc2cc(OCc3nc(C(=O)N4CCC[C@H](C(N)=O)C4)co3)ccc2s1. The molecule has 1 fully saturated rings. The fourth-order valence-corrected chi connectivity index (χ4v) is 4.10. The number of nitrogens with two attached hydrogens (primary N) is 1. The summed E-state index contributed by atoms with van der Waals surface area (Å²) in [5.74, 6) is 0.0154. The third-order valence-electron chi connectivity index (χ3n) is 4.71. The van der Waals surface area contributed by atoms with Crippen LogP contribution in [0.1, 0.15) is 34.2 Å². The molecule has 0 spiro atoms. The molecule has 1 aliphatic heterocycles. The van der Waals surface area contributed by atoms with Crippen molar-refractivity contribution in [2.75, 3.05) is 13.1 Å². The van der Waals surface area contributed by atoms with Gasteiger partial charge in [0.15, 0.2) is 12.3 Å². The highest BCUT2D eigenvalue weighted by atomic mass is 32.1. The summed E-state index contributed by atoms with van der Waals surface area (Å²) < 4.78 is 12.2. The van der Waals surface area contributed by atoms with Crippen LogP contribution in [0.3, 0.4) is 0 Å². The van der Waals surface area contributed by atoms with E-state index in [0.29, 0.717) is 31.2 Å². The molecule has 0 unspecified atom stereocenters. The Morgan fingerprint density at radius 2 is 2.25 bits per heavy atom. The highest BCUT2D eigenvalue weighted by Crippen LogP contribution is 2.26. The maximum atomic E-state index is 12.6. The van der Waals surface area contributed by atoms with Crippen LogP contribution < -0.4 is 10.5 Å². The van der Waals surface area contributed by atoms with Crippen LogP contribution in [0.5, 0.6) is 5.75 Å². The summed E-state index contributed by atoms with van der Waals surface area (Å²) in [6.07, 6.45) is 2.77. The van der Waals surface area contributed by atoms with Gasteiger partial charge < -0.3 is 19.8 Å². The fourth-order valence-electron chi connectivity index (χ4n) is 3.29. The maximum absolute atomic E-state index is 12.6. The molecule has 146 valence electrons. The molecule has 3 aromatic rings. The zero-order chi connectivity index (χ0) is 19.7. The van der Waals surface area contributed by atoms with Gasteiger partial charge in [-0.15, -0.1) is 11.3 Å². The number of likely N-dealkylation sites (tertiary alicyclic amines) is 1. The Kier molecular flexibility index (Phi) is 4.99. The summed E-state index contributed by atoms with van der Waals surface area (Å²) in [4.78, 5) is 34.3. The molecule has 0 aliphatic carbocycles. The minimum absolute atomic E-state index is 0.103. The van der Waals surface area contributed by atoms with Gasteiger partial charge in [-0.2, -0.15) is 0 Å². The largest absolute Gasteiger partial charge is 0.484 e. The van der Waals surface area contributed by atoms with Crippen molar-refractivity contribution < 1.29 is 18.7 Å². The number of carbonyl (C=O) groups excluding carboxylic acids is 2. The summed E-state index contributed by atoms with van der Waals surface area (Å²) in [5.41, 5.74) is 6.46. The molecule has 4 rings (SSSR count). The molecule has 1 aliphatic rings. The number of oxazole rings is 1. The predicted octanol–water partition coefficient (Wildman–Crippen LogP) is 2.51. The molecule has 1 saturated heterocycles. The van der Waals surface area contributed by atoms with Crippen molar-refractivity contribution in [1.29, 1.82) is 0 Å². The lowest BCUT2D eigenvalue weighted by Gasteiger charge is -2.30. The quantitative estimate of drug-likeness (QED) is 0.704. The van der Waals surface area contributed by atoms with Crippen molar-refractivity contribution in [3.05, 3.63) is 41.1 Å². The predicted molar refractivity (Wildman–Crippen MR) is 103 cm³/mol. The van der Waals surface area contributed by atoms with E-state index in [4.69, 9.17) is 14.9 Å². The fraction of sp³-hybridized carbons (Fsp3) is 0.368. The molecule has 28 heavy (non-hydrogen) atoms. The first-order chi connectivity index (χ1) is 13.5. The van der Waals surface area contributed by atoms with Crippen LogP contribution >= 0.6 is 11.3 Å². The second-order valence-corrected chi connectivity index (χ2v) is 8.01. The lowest BCUT2D eigenvalue weighted by Crippen LogP contribution is -2.44. The average molecular weight is 400 g/mol. The monoisotopic (exact) mass is 400 g/mol. The molecule has 0 radical (unpaired) electrons. The number of hydrogen-bond donors (Lipinski definition) is 1. The molecule has 1 aromatic carbocycles. The number of aromatic nitrogens is 2. The zero-order valence-electron chi connectivity index (χ0n) is 15.4. The number of amides is 2. The first-order valence-corrected chi connectivity index (χ1v) is 9.84. The van der Waals surface area contributed by atoms with Gasteiger partial charge in [-0.1, -0.05) is 0 Å². The van der Waals surface area contributed by atoms with E-state index in [0.717, 1.165) is 21.6 Å². The van der Waals surface area contributed by atoms with Crippen molar-refractivity contribution in [3.8, 4) is 5.75 Å². The van der Waals surface area contributed by atoms with E-state index in [-0.39, 0.29) is 30.0 Å². The van der Waals surface area contributed by atoms with Crippen molar-refractivity contribution >= 4 is 33.4 Å². The van der Waals surface area contributed by atoms with Crippen LogP contribution in [0.15, 0.2) is 28.9 Å². The number of benzene rings is 1. The van der Waals surface area contributed by atoms with Gasteiger partial charge in [0, 0.05) is 19.2 Å². The Morgan fingerprint density at radius 1 is 1.39 bits per heavy atom.